The van der Waals surface area contributed by atoms with Crippen molar-refractivity contribution in [2.24, 2.45) is 11.5 Å². The number of nitrogens with zero attached hydrogens (tertiary/aromatic N) is 1. The van der Waals surface area contributed by atoms with E-state index >= 15 is 0 Å². The van der Waals surface area contributed by atoms with Crippen LogP contribution in [0.4, 0.5) is 5.82 Å². The van der Waals surface area contributed by atoms with Crippen LogP contribution in [0, 0.1) is 0 Å². The summed E-state index contributed by atoms with van der Waals surface area (Å²) in [6.07, 6.45) is 5.04. The van der Waals surface area contributed by atoms with E-state index in [-0.39, 0.29) is 6.04 Å². The number of hydrogen-bond donors (Lipinski definition) is 3. The average molecular weight is 262 g/mol. The van der Waals surface area contributed by atoms with E-state index in [4.69, 9.17) is 11.5 Å². The van der Waals surface area contributed by atoms with Crippen LogP contribution < -0.4 is 16.8 Å². The molecule has 1 unspecified atom stereocenters. The highest BCUT2D eigenvalue weighted by atomic mass is 16.1. The summed E-state index contributed by atoms with van der Waals surface area (Å²) in [5.41, 5.74) is 13.9. The molecule has 0 spiro atoms. The highest BCUT2D eigenvalue weighted by Crippen LogP contribution is 2.25. The summed E-state index contributed by atoms with van der Waals surface area (Å²) in [5.74, 6) is 0.161. The van der Waals surface area contributed by atoms with E-state index < -0.39 is 5.91 Å². The van der Waals surface area contributed by atoms with Gasteiger partial charge in [0, 0.05) is 18.3 Å². The van der Waals surface area contributed by atoms with Crippen molar-refractivity contribution in [2.75, 3.05) is 11.9 Å². The lowest BCUT2D eigenvalue weighted by molar-refractivity contribution is 0.100. The topological polar surface area (TPSA) is 94.0 Å². The van der Waals surface area contributed by atoms with E-state index in [2.05, 4.69) is 17.2 Å². The van der Waals surface area contributed by atoms with Crippen molar-refractivity contribution < 1.29 is 4.79 Å². The monoisotopic (exact) mass is 262 g/mol. The number of aryl methyl sites for hydroxylation is 2. The number of nitrogens with one attached hydrogen (secondary N) is 1. The Labute approximate surface area is 113 Å². The SMILES string of the molecule is CCCC(CN)Nc1nc2c(cc1C(N)=O)CCC2. The number of nitrogens with two attached hydrogens (primary N) is 2. The highest BCUT2D eigenvalue weighted by molar-refractivity contribution is 5.97. The van der Waals surface area contributed by atoms with Gasteiger partial charge in [0.25, 0.3) is 5.91 Å². The van der Waals surface area contributed by atoms with Crippen molar-refractivity contribution in [3.8, 4) is 0 Å². The molecule has 2 rings (SSSR count). The molecule has 0 bridgehead atoms. The van der Waals surface area contributed by atoms with E-state index in [1.54, 1.807) is 0 Å². The molecule has 19 heavy (non-hydrogen) atoms. The maximum Gasteiger partial charge on any atom is 0.252 e. The number of carbonyl (C=O) groups is 1. The summed E-state index contributed by atoms with van der Waals surface area (Å²) < 4.78 is 0. The second-order valence-electron chi connectivity index (χ2n) is 5.07. The van der Waals surface area contributed by atoms with Crippen molar-refractivity contribution in [1.29, 1.82) is 0 Å². The molecule has 5 heteroatoms. The Balaban J connectivity index is 2.29. The maximum atomic E-state index is 11.6. The number of aromatic nitrogens is 1. The third kappa shape index (κ3) is 3.04. The zero-order valence-electron chi connectivity index (χ0n) is 11.4. The predicted octanol–water partition coefficient (Wildman–Crippen LogP) is 1.21. The van der Waals surface area contributed by atoms with Crippen LogP contribution >= 0.6 is 0 Å². The third-order valence-corrected chi connectivity index (χ3v) is 3.58. The van der Waals surface area contributed by atoms with E-state index in [9.17, 15) is 4.79 Å². The van der Waals surface area contributed by atoms with E-state index in [1.807, 2.05) is 6.07 Å². The molecular weight excluding hydrogens is 240 g/mol. The first kappa shape index (κ1) is 13.8. The van der Waals surface area contributed by atoms with E-state index in [0.717, 1.165) is 43.4 Å². The molecule has 0 aromatic carbocycles. The number of primary amides is 1. The van der Waals surface area contributed by atoms with Gasteiger partial charge in [-0.3, -0.25) is 4.79 Å². The summed E-state index contributed by atoms with van der Waals surface area (Å²) in [5, 5.41) is 3.27. The van der Waals surface area contributed by atoms with Crippen LogP contribution in [0.15, 0.2) is 6.07 Å². The smallest absolute Gasteiger partial charge is 0.252 e. The van der Waals surface area contributed by atoms with Crippen LogP contribution in [0.25, 0.3) is 0 Å². The zero-order chi connectivity index (χ0) is 13.8. The van der Waals surface area contributed by atoms with Crippen LogP contribution in [0.1, 0.15) is 47.8 Å². The zero-order valence-corrected chi connectivity index (χ0v) is 11.4. The minimum Gasteiger partial charge on any atom is -0.365 e. The molecule has 1 aliphatic rings. The molecule has 0 saturated carbocycles. The van der Waals surface area contributed by atoms with Gasteiger partial charge in [-0.2, -0.15) is 0 Å². The second kappa shape index (κ2) is 6.02. The van der Waals surface area contributed by atoms with Gasteiger partial charge < -0.3 is 16.8 Å². The first-order valence-corrected chi connectivity index (χ1v) is 6.94. The number of fused-ring (bicyclic) bond motifs is 1. The van der Waals surface area contributed by atoms with Crippen molar-refractivity contribution in [1.82, 2.24) is 4.98 Å². The molecule has 1 amide bonds. The Kier molecular flexibility index (Phi) is 4.37. The molecule has 104 valence electrons. The van der Waals surface area contributed by atoms with E-state index in [0.29, 0.717) is 17.9 Å². The van der Waals surface area contributed by atoms with Gasteiger partial charge in [-0.25, -0.2) is 4.98 Å². The van der Waals surface area contributed by atoms with Gasteiger partial charge in [-0.15, -0.1) is 0 Å². The molecule has 1 atom stereocenters. The van der Waals surface area contributed by atoms with Gasteiger partial charge >= 0.3 is 0 Å². The minimum absolute atomic E-state index is 0.134. The average Bonchev–Trinajstić information content (AvgIpc) is 2.84. The third-order valence-electron chi connectivity index (χ3n) is 3.58. The number of anilines is 1. The molecule has 1 heterocycles. The molecule has 1 aromatic rings. The molecular formula is C14H22N4O. The summed E-state index contributed by atoms with van der Waals surface area (Å²) in [4.78, 5) is 16.1. The van der Waals surface area contributed by atoms with Crippen LogP contribution in [0.5, 0.6) is 0 Å². The Bertz CT molecular complexity index is 473. The van der Waals surface area contributed by atoms with Gasteiger partial charge in [0.1, 0.15) is 5.82 Å². The van der Waals surface area contributed by atoms with E-state index in [1.165, 1.54) is 0 Å². The largest absolute Gasteiger partial charge is 0.365 e. The summed E-state index contributed by atoms with van der Waals surface area (Å²) in [6.45, 7) is 2.63. The highest BCUT2D eigenvalue weighted by Gasteiger charge is 2.20. The van der Waals surface area contributed by atoms with Crippen molar-refractivity contribution in [3.63, 3.8) is 0 Å². The Morgan fingerprint density at radius 1 is 1.53 bits per heavy atom. The molecule has 1 aromatic heterocycles. The standard InChI is InChI=1S/C14H22N4O/c1-2-4-10(8-15)17-14-11(13(16)19)7-9-5-3-6-12(9)18-14/h7,10H,2-6,8,15H2,1H3,(H2,16,19)(H,17,18). The molecule has 1 aliphatic carbocycles. The van der Waals surface area contributed by atoms with Gasteiger partial charge in [0.2, 0.25) is 0 Å². The molecule has 0 fully saturated rings. The van der Waals surface area contributed by atoms with Gasteiger partial charge in [0.05, 0.1) is 5.56 Å². The lowest BCUT2D eigenvalue weighted by Gasteiger charge is -2.19. The fourth-order valence-electron chi connectivity index (χ4n) is 2.56. The van der Waals surface area contributed by atoms with Crippen molar-refractivity contribution in [3.05, 3.63) is 22.9 Å². The first-order chi connectivity index (χ1) is 9.15. The van der Waals surface area contributed by atoms with Gasteiger partial charge in [-0.1, -0.05) is 13.3 Å². The summed E-state index contributed by atoms with van der Waals surface area (Å²) in [6, 6.07) is 2.02. The minimum atomic E-state index is -0.433. The fourth-order valence-corrected chi connectivity index (χ4v) is 2.56. The van der Waals surface area contributed by atoms with Crippen LogP contribution in [0.3, 0.4) is 0 Å². The Morgan fingerprint density at radius 3 is 2.95 bits per heavy atom. The number of amides is 1. The summed E-state index contributed by atoms with van der Waals surface area (Å²) >= 11 is 0. The van der Waals surface area contributed by atoms with Crippen molar-refractivity contribution >= 4 is 11.7 Å². The number of rotatable bonds is 6. The maximum absolute atomic E-state index is 11.6. The van der Waals surface area contributed by atoms with Gasteiger partial charge in [0.15, 0.2) is 0 Å². The van der Waals surface area contributed by atoms with Gasteiger partial charge in [-0.05, 0) is 37.3 Å². The molecule has 5 nitrogen and oxygen atoms in total. The fraction of sp³-hybridized carbons (Fsp3) is 0.571. The Morgan fingerprint density at radius 2 is 2.32 bits per heavy atom. The lowest BCUT2D eigenvalue weighted by atomic mass is 10.1. The quantitative estimate of drug-likeness (QED) is 0.718. The number of carbonyl (C=O) groups excluding carboxylic acids is 1. The number of pyridine rings is 1. The Hall–Kier alpha value is -1.62. The predicted molar refractivity (Wildman–Crippen MR) is 76.2 cm³/mol. The molecule has 5 N–H and O–H groups in total. The van der Waals surface area contributed by atoms with Crippen LogP contribution in [-0.4, -0.2) is 23.5 Å². The van der Waals surface area contributed by atoms with Crippen molar-refractivity contribution in [2.45, 2.75) is 45.1 Å². The molecule has 0 saturated heterocycles. The normalized spacial score (nSPS) is 15.1. The lowest BCUT2D eigenvalue weighted by Crippen LogP contribution is -2.30. The molecule has 0 radical (unpaired) electrons. The molecule has 0 aliphatic heterocycles. The first-order valence-electron chi connectivity index (χ1n) is 6.94. The van der Waals surface area contributed by atoms with Crippen LogP contribution in [-0.2, 0) is 12.8 Å². The second-order valence-corrected chi connectivity index (χ2v) is 5.07. The van der Waals surface area contributed by atoms with Crippen LogP contribution in [0.2, 0.25) is 0 Å². The summed E-state index contributed by atoms with van der Waals surface area (Å²) in [7, 11) is 0. The number of hydrogen-bond acceptors (Lipinski definition) is 4.